The highest BCUT2D eigenvalue weighted by Gasteiger charge is 2.23. The van der Waals surface area contributed by atoms with Gasteiger partial charge in [0.25, 0.3) is 0 Å². The van der Waals surface area contributed by atoms with Crippen molar-refractivity contribution < 1.29 is 5.11 Å². The SMILES string of the molecule is OCc1c[nH]c(=S)n1[C@H]1CCc2cc(Cl)c(Cl)cc2C1. The minimum Gasteiger partial charge on any atom is -0.390 e. The maximum absolute atomic E-state index is 9.41. The first kappa shape index (κ1) is 14.1. The Hall–Kier alpha value is -0.810. The minimum absolute atomic E-state index is 0.0160. The Labute approximate surface area is 132 Å². The van der Waals surface area contributed by atoms with Crippen LogP contribution in [0, 0.1) is 4.77 Å². The number of imidazole rings is 1. The molecule has 0 spiro atoms. The van der Waals surface area contributed by atoms with E-state index in [1.54, 1.807) is 6.20 Å². The van der Waals surface area contributed by atoms with Crippen LogP contribution in [0.3, 0.4) is 0 Å². The lowest BCUT2D eigenvalue weighted by Crippen LogP contribution is -2.20. The van der Waals surface area contributed by atoms with E-state index in [9.17, 15) is 5.11 Å². The highest BCUT2D eigenvalue weighted by atomic mass is 35.5. The van der Waals surface area contributed by atoms with Crippen LogP contribution in [0.1, 0.15) is 29.3 Å². The number of halogens is 2. The number of aromatic amines is 1. The third-order valence-electron chi connectivity index (χ3n) is 3.86. The molecule has 106 valence electrons. The highest BCUT2D eigenvalue weighted by molar-refractivity contribution is 7.71. The molecule has 0 fully saturated rings. The second-order valence-corrected chi connectivity index (χ2v) is 6.25. The summed E-state index contributed by atoms with van der Waals surface area (Å²) in [6.45, 7) is -0.0160. The molecule has 1 aliphatic rings. The summed E-state index contributed by atoms with van der Waals surface area (Å²) in [4.78, 5) is 3.00. The molecule has 1 aromatic heterocycles. The van der Waals surface area contributed by atoms with Gasteiger partial charge in [0.15, 0.2) is 4.77 Å². The zero-order chi connectivity index (χ0) is 14.3. The summed E-state index contributed by atoms with van der Waals surface area (Å²) in [6, 6.07) is 4.15. The molecule has 20 heavy (non-hydrogen) atoms. The summed E-state index contributed by atoms with van der Waals surface area (Å²) in [5.74, 6) is 0. The molecule has 0 aliphatic heterocycles. The van der Waals surface area contributed by atoms with Crippen molar-refractivity contribution in [2.45, 2.75) is 31.9 Å². The normalized spacial score (nSPS) is 18.1. The Balaban J connectivity index is 1.98. The minimum atomic E-state index is -0.0160. The number of fused-ring (bicyclic) bond motifs is 1. The van der Waals surface area contributed by atoms with Crippen LogP contribution in [0.4, 0.5) is 0 Å². The number of aryl methyl sites for hydroxylation is 1. The summed E-state index contributed by atoms with van der Waals surface area (Å²) in [7, 11) is 0. The number of hydrogen-bond acceptors (Lipinski definition) is 2. The number of benzene rings is 1. The third-order valence-corrected chi connectivity index (χ3v) is 4.90. The number of aromatic nitrogens is 2. The molecule has 3 rings (SSSR count). The molecule has 2 N–H and O–H groups in total. The summed E-state index contributed by atoms with van der Waals surface area (Å²) >= 11 is 17.5. The summed E-state index contributed by atoms with van der Waals surface area (Å²) in [5.41, 5.74) is 3.29. The predicted octanol–water partition coefficient (Wildman–Crippen LogP) is 4.07. The lowest BCUT2D eigenvalue weighted by molar-refractivity contribution is 0.263. The number of rotatable bonds is 2. The van der Waals surface area contributed by atoms with E-state index in [1.165, 1.54) is 11.1 Å². The standard InChI is InChI=1S/C14H14Cl2N2OS/c15-12-4-8-1-2-10(3-9(8)5-13(12)16)18-11(7-19)6-17-14(18)20/h4-6,10,19H,1-3,7H2,(H,17,20)/t10-/m0/s1. The van der Waals surface area contributed by atoms with Gasteiger partial charge in [-0.1, -0.05) is 23.2 Å². The second-order valence-electron chi connectivity index (χ2n) is 5.04. The number of nitrogens with one attached hydrogen (secondary N) is 1. The van der Waals surface area contributed by atoms with Crippen molar-refractivity contribution in [3.8, 4) is 0 Å². The first-order valence-corrected chi connectivity index (χ1v) is 7.63. The molecule has 6 heteroatoms. The van der Waals surface area contributed by atoms with Gasteiger partial charge in [-0.3, -0.25) is 0 Å². The van der Waals surface area contributed by atoms with Crippen molar-refractivity contribution in [1.29, 1.82) is 0 Å². The molecule has 1 atom stereocenters. The molecule has 1 aromatic carbocycles. The van der Waals surface area contributed by atoms with E-state index in [-0.39, 0.29) is 12.6 Å². The van der Waals surface area contributed by atoms with Gasteiger partial charge in [0.05, 0.1) is 22.3 Å². The van der Waals surface area contributed by atoms with Crippen molar-refractivity contribution >= 4 is 35.4 Å². The second kappa shape index (κ2) is 5.53. The van der Waals surface area contributed by atoms with Crippen LogP contribution >= 0.6 is 35.4 Å². The fraction of sp³-hybridized carbons (Fsp3) is 0.357. The molecule has 0 radical (unpaired) electrons. The summed E-state index contributed by atoms with van der Waals surface area (Å²) < 4.78 is 2.67. The molecule has 2 aromatic rings. The van der Waals surface area contributed by atoms with E-state index in [0.29, 0.717) is 14.8 Å². The molecule has 0 amide bonds. The number of H-pyrrole nitrogens is 1. The number of aliphatic hydroxyl groups excluding tert-OH is 1. The molecule has 1 heterocycles. The Bertz CT molecular complexity index is 708. The number of nitrogens with zero attached hydrogens (tertiary/aromatic N) is 1. The molecule has 1 aliphatic carbocycles. The predicted molar refractivity (Wildman–Crippen MR) is 83.1 cm³/mol. The lowest BCUT2D eigenvalue weighted by Gasteiger charge is -2.27. The van der Waals surface area contributed by atoms with Crippen LogP contribution < -0.4 is 0 Å². The van der Waals surface area contributed by atoms with Crippen LogP contribution in [-0.2, 0) is 19.4 Å². The van der Waals surface area contributed by atoms with Gasteiger partial charge in [-0.2, -0.15) is 0 Å². The Kier molecular flexibility index (Phi) is 3.91. The smallest absolute Gasteiger partial charge is 0.177 e. The molecular weight excluding hydrogens is 315 g/mol. The van der Waals surface area contributed by atoms with E-state index in [1.807, 2.05) is 16.7 Å². The molecular formula is C14H14Cl2N2OS. The van der Waals surface area contributed by atoms with Crippen LogP contribution in [0.2, 0.25) is 10.0 Å². The first-order valence-electron chi connectivity index (χ1n) is 6.46. The zero-order valence-corrected chi connectivity index (χ0v) is 13.0. The van der Waals surface area contributed by atoms with Gasteiger partial charge in [0.1, 0.15) is 0 Å². The average molecular weight is 329 g/mol. The molecule has 0 unspecified atom stereocenters. The van der Waals surface area contributed by atoms with Gasteiger partial charge in [0.2, 0.25) is 0 Å². The van der Waals surface area contributed by atoms with Gasteiger partial charge in [-0.15, -0.1) is 0 Å². The fourth-order valence-electron chi connectivity index (χ4n) is 2.89. The van der Waals surface area contributed by atoms with E-state index in [4.69, 9.17) is 35.4 Å². The van der Waals surface area contributed by atoms with Crippen molar-refractivity contribution in [3.63, 3.8) is 0 Å². The van der Waals surface area contributed by atoms with Crippen LogP contribution in [0.5, 0.6) is 0 Å². The molecule has 0 saturated heterocycles. The maximum atomic E-state index is 9.41. The Morgan fingerprint density at radius 1 is 1.30 bits per heavy atom. The van der Waals surface area contributed by atoms with Crippen molar-refractivity contribution in [3.05, 3.63) is 50.0 Å². The molecule has 0 bridgehead atoms. The lowest BCUT2D eigenvalue weighted by atomic mass is 9.88. The van der Waals surface area contributed by atoms with Crippen LogP contribution in [0.25, 0.3) is 0 Å². The van der Waals surface area contributed by atoms with Crippen molar-refractivity contribution in [2.75, 3.05) is 0 Å². The number of aliphatic hydroxyl groups is 1. The van der Waals surface area contributed by atoms with Crippen LogP contribution in [-0.4, -0.2) is 14.7 Å². The van der Waals surface area contributed by atoms with Gasteiger partial charge < -0.3 is 14.7 Å². The van der Waals surface area contributed by atoms with Gasteiger partial charge in [0, 0.05) is 12.2 Å². The topological polar surface area (TPSA) is 40.9 Å². The van der Waals surface area contributed by atoms with E-state index >= 15 is 0 Å². The zero-order valence-electron chi connectivity index (χ0n) is 10.7. The largest absolute Gasteiger partial charge is 0.390 e. The summed E-state index contributed by atoms with van der Waals surface area (Å²) in [6.07, 6.45) is 4.54. The highest BCUT2D eigenvalue weighted by Crippen LogP contribution is 2.34. The summed E-state index contributed by atoms with van der Waals surface area (Å²) in [5, 5.41) is 10.6. The Morgan fingerprint density at radius 2 is 2.00 bits per heavy atom. The van der Waals surface area contributed by atoms with E-state index in [2.05, 4.69) is 4.98 Å². The van der Waals surface area contributed by atoms with Crippen LogP contribution in [0.15, 0.2) is 18.3 Å². The van der Waals surface area contributed by atoms with E-state index < -0.39 is 0 Å². The van der Waals surface area contributed by atoms with Crippen molar-refractivity contribution in [1.82, 2.24) is 9.55 Å². The van der Waals surface area contributed by atoms with Gasteiger partial charge in [-0.25, -0.2) is 0 Å². The average Bonchev–Trinajstić information content (AvgIpc) is 2.81. The van der Waals surface area contributed by atoms with E-state index in [0.717, 1.165) is 25.0 Å². The van der Waals surface area contributed by atoms with Gasteiger partial charge in [-0.05, 0) is 54.7 Å². The fourth-order valence-corrected chi connectivity index (χ4v) is 3.58. The monoisotopic (exact) mass is 328 g/mol. The van der Waals surface area contributed by atoms with Gasteiger partial charge >= 0.3 is 0 Å². The molecule has 0 saturated carbocycles. The number of hydrogen-bond donors (Lipinski definition) is 2. The maximum Gasteiger partial charge on any atom is 0.177 e. The molecule has 3 nitrogen and oxygen atoms in total. The first-order chi connectivity index (χ1) is 9.60. The Morgan fingerprint density at radius 3 is 2.70 bits per heavy atom. The third kappa shape index (κ3) is 2.42. The quantitative estimate of drug-likeness (QED) is 0.815. The van der Waals surface area contributed by atoms with Crippen molar-refractivity contribution in [2.24, 2.45) is 0 Å².